The molecule has 2 unspecified atom stereocenters. The third-order valence-electron chi connectivity index (χ3n) is 3.78. The van der Waals surface area contributed by atoms with Crippen LogP contribution in [0.2, 0.25) is 0 Å². The van der Waals surface area contributed by atoms with E-state index < -0.39 is 0 Å². The number of methoxy groups -OCH3 is 1. The molecule has 3 nitrogen and oxygen atoms in total. The van der Waals surface area contributed by atoms with Crippen LogP contribution in [0.15, 0.2) is 0 Å². The van der Waals surface area contributed by atoms with Crippen LogP contribution in [0.5, 0.6) is 0 Å². The second kappa shape index (κ2) is 11.7. The van der Waals surface area contributed by atoms with Crippen LogP contribution in [0.1, 0.15) is 60.3 Å². The normalized spacial score (nSPS) is 15.2. The standard InChI is InChI=1S/C16H36N2O/c1-7-10-15(17-11-8-2)16(9-3)18(14(4)5)12-13-19-6/h14-17H,7-13H2,1-6H3. The number of ether oxygens (including phenoxy) is 1. The van der Waals surface area contributed by atoms with Crippen molar-refractivity contribution in [2.75, 3.05) is 26.8 Å². The molecule has 0 aromatic carbocycles. The Labute approximate surface area is 121 Å². The van der Waals surface area contributed by atoms with E-state index in [9.17, 15) is 0 Å². The lowest BCUT2D eigenvalue weighted by Gasteiger charge is -2.39. The number of nitrogens with zero attached hydrogens (tertiary/aromatic N) is 1. The minimum absolute atomic E-state index is 0.572. The first kappa shape index (κ1) is 18.9. The third-order valence-corrected chi connectivity index (χ3v) is 3.78. The van der Waals surface area contributed by atoms with Crippen molar-refractivity contribution < 1.29 is 4.74 Å². The summed E-state index contributed by atoms with van der Waals surface area (Å²) in [4.78, 5) is 2.60. The van der Waals surface area contributed by atoms with Gasteiger partial charge in [0.15, 0.2) is 0 Å². The summed E-state index contributed by atoms with van der Waals surface area (Å²) in [5.41, 5.74) is 0. The summed E-state index contributed by atoms with van der Waals surface area (Å²) < 4.78 is 5.28. The Morgan fingerprint density at radius 3 is 2.21 bits per heavy atom. The van der Waals surface area contributed by atoms with Crippen LogP contribution in [0.4, 0.5) is 0 Å². The van der Waals surface area contributed by atoms with E-state index in [1.54, 1.807) is 7.11 Å². The molecule has 116 valence electrons. The highest BCUT2D eigenvalue weighted by atomic mass is 16.5. The molecule has 19 heavy (non-hydrogen) atoms. The van der Waals surface area contributed by atoms with Gasteiger partial charge < -0.3 is 10.1 Å². The van der Waals surface area contributed by atoms with Gasteiger partial charge in [-0.15, -0.1) is 0 Å². The van der Waals surface area contributed by atoms with Crippen LogP contribution in [-0.4, -0.2) is 49.8 Å². The van der Waals surface area contributed by atoms with Crippen molar-refractivity contribution in [3.63, 3.8) is 0 Å². The van der Waals surface area contributed by atoms with Gasteiger partial charge in [0.1, 0.15) is 0 Å². The molecule has 0 saturated heterocycles. The molecule has 2 atom stereocenters. The average Bonchev–Trinajstić information content (AvgIpc) is 2.39. The molecule has 0 fully saturated rings. The highest BCUT2D eigenvalue weighted by Gasteiger charge is 2.26. The number of nitrogens with one attached hydrogen (secondary N) is 1. The highest BCUT2D eigenvalue weighted by molar-refractivity contribution is 4.85. The van der Waals surface area contributed by atoms with Gasteiger partial charge in [-0.1, -0.05) is 27.2 Å². The summed E-state index contributed by atoms with van der Waals surface area (Å²) in [6.45, 7) is 14.4. The molecule has 0 aliphatic carbocycles. The van der Waals surface area contributed by atoms with E-state index in [-0.39, 0.29) is 0 Å². The van der Waals surface area contributed by atoms with E-state index in [0.717, 1.165) is 19.7 Å². The van der Waals surface area contributed by atoms with Crippen molar-refractivity contribution in [2.45, 2.75) is 78.4 Å². The third kappa shape index (κ3) is 7.28. The molecule has 1 N–H and O–H groups in total. The van der Waals surface area contributed by atoms with Crippen LogP contribution in [-0.2, 0) is 4.74 Å². The maximum Gasteiger partial charge on any atom is 0.0589 e. The van der Waals surface area contributed by atoms with E-state index in [4.69, 9.17) is 4.74 Å². The van der Waals surface area contributed by atoms with E-state index in [0.29, 0.717) is 18.1 Å². The summed E-state index contributed by atoms with van der Waals surface area (Å²) in [6.07, 6.45) is 4.91. The Bertz CT molecular complexity index is 197. The van der Waals surface area contributed by atoms with Gasteiger partial charge >= 0.3 is 0 Å². The van der Waals surface area contributed by atoms with Gasteiger partial charge in [-0.25, -0.2) is 0 Å². The van der Waals surface area contributed by atoms with E-state index in [2.05, 4.69) is 44.8 Å². The van der Waals surface area contributed by atoms with Crippen molar-refractivity contribution in [3.8, 4) is 0 Å². The number of hydrogen-bond donors (Lipinski definition) is 1. The van der Waals surface area contributed by atoms with Gasteiger partial charge in [-0.2, -0.15) is 0 Å². The number of hydrogen-bond acceptors (Lipinski definition) is 3. The zero-order valence-corrected chi connectivity index (χ0v) is 14.0. The topological polar surface area (TPSA) is 24.5 Å². The van der Waals surface area contributed by atoms with Crippen molar-refractivity contribution in [3.05, 3.63) is 0 Å². The van der Waals surface area contributed by atoms with Gasteiger partial charge in [-0.05, 0) is 39.7 Å². The maximum absolute atomic E-state index is 5.28. The zero-order valence-electron chi connectivity index (χ0n) is 14.0. The molecule has 0 aliphatic heterocycles. The van der Waals surface area contributed by atoms with Crippen LogP contribution in [0.3, 0.4) is 0 Å². The van der Waals surface area contributed by atoms with Crippen LogP contribution in [0, 0.1) is 0 Å². The molecule has 0 aliphatic rings. The van der Waals surface area contributed by atoms with Crippen LogP contribution < -0.4 is 5.32 Å². The SMILES string of the molecule is CCCNC(CCC)C(CC)N(CCOC)C(C)C. The predicted molar refractivity (Wildman–Crippen MR) is 84.8 cm³/mol. The first-order valence-corrected chi connectivity index (χ1v) is 8.10. The summed E-state index contributed by atoms with van der Waals surface area (Å²) >= 11 is 0. The Balaban J connectivity index is 4.72. The fraction of sp³-hybridized carbons (Fsp3) is 1.00. The maximum atomic E-state index is 5.28. The molecular weight excluding hydrogens is 236 g/mol. The molecule has 0 saturated carbocycles. The summed E-state index contributed by atoms with van der Waals surface area (Å²) in [5, 5.41) is 3.75. The lowest BCUT2D eigenvalue weighted by Crippen LogP contribution is -2.53. The Hall–Kier alpha value is -0.120. The summed E-state index contributed by atoms with van der Waals surface area (Å²) in [5.74, 6) is 0. The average molecular weight is 272 g/mol. The van der Waals surface area contributed by atoms with Gasteiger partial charge in [0.25, 0.3) is 0 Å². The fourth-order valence-corrected chi connectivity index (χ4v) is 2.83. The Morgan fingerprint density at radius 1 is 1.11 bits per heavy atom. The summed E-state index contributed by atoms with van der Waals surface area (Å²) in [6, 6.07) is 1.79. The van der Waals surface area contributed by atoms with Crippen LogP contribution in [0.25, 0.3) is 0 Å². The van der Waals surface area contributed by atoms with Gasteiger partial charge in [-0.3, -0.25) is 4.90 Å². The molecule has 0 aromatic rings. The lowest BCUT2D eigenvalue weighted by atomic mass is 9.97. The minimum atomic E-state index is 0.572. The highest BCUT2D eigenvalue weighted by Crippen LogP contribution is 2.16. The molecular formula is C16H36N2O. The molecule has 0 heterocycles. The monoisotopic (exact) mass is 272 g/mol. The second-order valence-corrected chi connectivity index (χ2v) is 5.65. The molecule has 0 amide bonds. The van der Waals surface area contributed by atoms with Gasteiger partial charge in [0.2, 0.25) is 0 Å². The quantitative estimate of drug-likeness (QED) is 0.590. The van der Waals surface area contributed by atoms with Gasteiger partial charge in [0, 0.05) is 31.8 Å². The van der Waals surface area contributed by atoms with Crippen molar-refractivity contribution in [1.29, 1.82) is 0 Å². The molecule has 0 rings (SSSR count). The predicted octanol–water partition coefficient (Wildman–Crippen LogP) is 3.29. The first-order valence-electron chi connectivity index (χ1n) is 8.10. The van der Waals surface area contributed by atoms with Crippen LogP contribution >= 0.6 is 0 Å². The largest absolute Gasteiger partial charge is 0.383 e. The van der Waals surface area contributed by atoms with Gasteiger partial charge in [0.05, 0.1) is 6.61 Å². The molecule has 0 bridgehead atoms. The molecule has 3 heteroatoms. The van der Waals surface area contributed by atoms with E-state index in [1.165, 1.54) is 25.7 Å². The van der Waals surface area contributed by atoms with Crippen molar-refractivity contribution in [1.82, 2.24) is 10.2 Å². The lowest BCUT2D eigenvalue weighted by molar-refractivity contribution is 0.0735. The smallest absolute Gasteiger partial charge is 0.0589 e. The zero-order chi connectivity index (χ0) is 14.7. The van der Waals surface area contributed by atoms with E-state index in [1.807, 2.05) is 0 Å². The fourth-order valence-electron chi connectivity index (χ4n) is 2.83. The number of rotatable bonds is 12. The molecule has 0 aromatic heterocycles. The summed E-state index contributed by atoms with van der Waals surface area (Å²) in [7, 11) is 1.79. The minimum Gasteiger partial charge on any atom is -0.383 e. The molecule has 0 spiro atoms. The Morgan fingerprint density at radius 2 is 1.79 bits per heavy atom. The van der Waals surface area contributed by atoms with E-state index >= 15 is 0 Å². The Kier molecular flexibility index (Phi) is 11.6. The second-order valence-electron chi connectivity index (χ2n) is 5.65. The molecule has 0 radical (unpaired) electrons. The first-order chi connectivity index (χ1) is 9.12. The van der Waals surface area contributed by atoms with Crippen molar-refractivity contribution >= 4 is 0 Å². The van der Waals surface area contributed by atoms with Crippen molar-refractivity contribution in [2.24, 2.45) is 0 Å².